The molecular formula is C21H27ClN8O5S. The summed E-state index contributed by atoms with van der Waals surface area (Å²) in [5, 5.41) is 7.71. The quantitative estimate of drug-likeness (QED) is 0.382. The van der Waals surface area contributed by atoms with Crippen molar-refractivity contribution in [3.05, 3.63) is 35.4 Å². The summed E-state index contributed by atoms with van der Waals surface area (Å²) < 4.78 is 47.4. The van der Waals surface area contributed by atoms with Gasteiger partial charge in [0.05, 0.1) is 19.2 Å². The number of sulfonamides is 1. The predicted molar refractivity (Wildman–Crippen MR) is 130 cm³/mol. The van der Waals surface area contributed by atoms with Crippen LogP contribution in [0.5, 0.6) is 11.8 Å². The third kappa shape index (κ3) is 5.06. The van der Waals surface area contributed by atoms with Gasteiger partial charge in [-0.2, -0.15) is 9.97 Å². The largest absolute Gasteiger partial charge is 0.479 e. The van der Waals surface area contributed by atoms with Crippen LogP contribution in [0, 0.1) is 5.92 Å². The summed E-state index contributed by atoms with van der Waals surface area (Å²) in [6.07, 6.45) is 5.14. The maximum Gasteiger partial charge on any atom is 0.245 e. The number of aromatic nitrogens is 7. The summed E-state index contributed by atoms with van der Waals surface area (Å²) in [6, 6.07) is 0. The van der Waals surface area contributed by atoms with Crippen LogP contribution in [0.4, 0.5) is 5.95 Å². The summed E-state index contributed by atoms with van der Waals surface area (Å²) in [5.74, 6) is 1.35. The van der Waals surface area contributed by atoms with E-state index in [0.29, 0.717) is 16.8 Å². The van der Waals surface area contributed by atoms with Gasteiger partial charge in [0, 0.05) is 25.4 Å². The molecule has 0 aliphatic heterocycles. The number of hydrogen-bond donors (Lipinski definition) is 1. The zero-order chi connectivity index (χ0) is 26.0. The Morgan fingerprint density at radius 2 is 1.64 bits per heavy atom. The lowest BCUT2D eigenvalue weighted by Gasteiger charge is -2.23. The average molecular weight is 539 g/mol. The fourth-order valence-electron chi connectivity index (χ4n) is 3.88. The highest BCUT2D eigenvalue weighted by molar-refractivity contribution is 7.93. The molecule has 0 aromatic carbocycles. The maximum absolute atomic E-state index is 13.5. The lowest BCUT2D eigenvalue weighted by atomic mass is 10.1. The minimum atomic E-state index is -4.10. The van der Waals surface area contributed by atoms with E-state index in [1.54, 1.807) is 0 Å². The van der Waals surface area contributed by atoms with E-state index in [1.165, 1.54) is 51.5 Å². The van der Waals surface area contributed by atoms with Crippen molar-refractivity contribution in [2.75, 3.05) is 26.1 Å². The Morgan fingerprint density at radius 1 is 1.03 bits per heavy atom. The molecule has 194 valence electrons. The average Bonchev–Trinajstić information content (AvgIpc) is 3.65. The lowest BCUT2D eigenvalue weighted by Crippen LogP contribution is -2.33. The molecule has 0 amide bonds. The molecule has 15 heteroatoms. The summed E-state index contributed by atoms with van der Waals surface area (Å²) in [5.41, 5.74) is 0.282. The minimum Gasteiger partial charge on any atom is -0.479 e. The smallest absolute Gasteiger partial charge is 0.245 e. The van der Waals surface area contributed by atoms with Gasteiger partial charge in [0.2, 0.25) is 27.7 Å². The molecule has 13 nitrogen and oxygen atoms in total. The SMILES string of the molecule is COc1ncnc(OC)c1-n1c(NS(=O)(=O)C(C)C(OC)c2ncc(Cl)cn2)nnc1C(C)C1CC1. The molecule has 3 aromatic rings. The molecule has 3 atom stereocenters. The van der Waals surface area contributed by atoms with Gasteiger partial charge in [0.15, 0.2) is 11.5 Å². The van der Waals surface area contributed by atoms with Crippen LogP contribution in [0.25, 0.3) is 5.69 Å². The van der Waals surface area contributed by atoms with Crippen molar-refractivity contribution in [2.45, 2.75) is 44.0 Å². The Kier molecular flexibility index (Phi) is 7.57. The van der Waals surface area contributed by atoms with Crippen LogP contribution in [-0.4, -0.2) is 69.7 Å². The number of methoxy groups -OCH3 is 3. The van der Waals surface area contributed by atoms with Crippen LogP contribution in [0.3, 0.4) is 0 Å². The van der Waals surface area contributed by atoms with Crippen LogP contribution in [0.15, 0.2) is 18.7 Å². The van der Waals surface area contributed by atoms with Crippen molar-refractivity contribution in [1.82, 2.24) is 34.7 Å². The summed E-state index contributed by atoms with van der Waals surface area (Å²) >= 11 is 5.87. The number of rotatable bonds is 11. The molecule has 1 saturated carbocycles. The molecule has 1 aliphatic carbocycles. The van der Waals surface area contributed by atoms with Gasteiger partial charge in [0.25, 0.3) is 0 Å². The number of anilines is 1. The van der Waals surface area contributed by atoms with E-state index >= 15 is 0 Å². The first kappa shape index (κ1) is 26.0. The first-order valence-electron chi connectivity index (χ1n) is 11.1. The zero-order valence-corrected chi connectivity index (χ0v) is 22.0. The summed E-state index contributed by atoms with van der Waals surface area (Å²) in [7, 11) is 0.166. The molecule has 0 radical (unpaired) electrons. The van der Waals surface area contributed by atoms with E-state index < -0.39 is 21.4 Å². The van der Waals surface area contributed by atoms with E-state index in [0.717, 1.165) is 12.8 Å². The van der Waals surface area contributed by atoms with E-state index in [4.69, 9.17) is 25.8 Å². The standard InChI is InChI=1S/C21H27ClN8O5S/c1-11(13-6-7-13)18-27-28-21(30(18)15-19(34-4)25-10-26-20(15)35-5)29-36(31,32)12(2)16(33-3)17-23-8-14(22)9-24-17/h8-13,16H,6-7H2,1-5H3,(H,28,29). The van der Waals surface area contributed by atoms with Crippen molar-refractivity contribution in [3.63, 3.8) is 0 Å². The third-order valence-corrected chi connectivity index (χ3v) is 7.98. The van der Waals surface area contributed by atoms with Gasteiger partial charge in [-0.15, -0.1) is 10.2 Å². The van der Waals surface area contributed by atoms with Crippen molar-refractivity contribution < 1.29 is 22.6 Å². The normalized spacial score (nSPS) is 16.3. The molecule has 0 bridgehead atoms. The first-order valence-corrected chi connectivity index (χ1v) is 13.0. The van der Waals surface area contributed by atoms with Gasteiger partial charge in [-0.25, -0.2) is 18.4 Å². The molecule has 3 heterocycles. The van der Waals surface area contributed by atoms with Gasteiger partial charge in [-0.3, -0.25) is 9.29 Å². The monoisotopic (exact) mass is 538 g/mol. The van der Waals surface area contributed by atoms with E-state index in [9.17, 15) is 8.42 Å². The Balaban J connectivity index is 1.77. The highest BCUT2D eigenvalue weighted by Gasteiger charge is 2.38. The minimum absolute atomic E-state index is 0.0167. The van der Waals surface area contributed by atoms with Crippen molar-refractivity contribution in [2.24, 2.45) is 5.92 Å². The molecule has 3 unspecified atom stereocenters. The number of hydrogen-bond acceptors (Lipinski definition) is 11. The second-order valence-corrected chi connectivity index (χ2v) is 10.8. The molecule has 0 saturated heterocycles. The van der Waals surface area contributed by atoms with Crippen LogP contribution in [0.1, 0.15) is 50.4 Å². The van der Waals surface area contributed by atoms with Gasteiger partial charge in [0.1, 0.15) is 23.5 Å². The lowest BCUT2D eigenvalue weighted by molar-refractivity contribution is 0.0950. The van der Waals surface area contributed by atoms with Gasteiger partial charge in [-0.1, -0.05) is 18.5 Å². The fraction of sp³-hybridized carbons (Fsp3) is 0.524. The second-order valence-electron chi connectivity index (χ2n) is 8.35. The van der Waals surface area contributed by atoms with Crippen molar-refractivity contribution in [3.8, 4) is 17.4 Å². The van der Waals surface area contributed by atoms with Crippen LogP contribution in [0.2, 0.25) is 5.02 Å². The highest BCUT2D eigenvalue weighted by atomic mass is 35.5. The Hall–Kier alpha value is -3.10. The van der Waals surface area contributed by atoms with Gasteiger partial charge in [-0.05, 0) is 25.7 Å². The molecule has 0 spiro atoms. The Morgan fingerprint density at radius 3 is 2.17 bits per heavy atom. The van der Waals surface area contributed by atoms with Crippen LogP contribution < -0.4 is 14.2 Å². The predicted octanol–water partition coefficient (Wildman–Crippen LogP) is 2.55. The van der Waals surface area contributed by atoms with Gasteiger partial charge >= 0.3 is 0 Å². The van der Waals surface area contributed by atoms with Crippen molar-refractivity contribution >= 4 is 27.6 Å². The molecule has 1 N–H and O–H groups in total. The maximum atomic E-state index is 13.5. The molecule has 1 fully saturated rings. The Labute approximate surface area is 213 Å². The van der Waals surface area contributed by atoms with Gasteiger partial charge < -0.3 is 14.2 Å². The van der Waals surface area contributed by atoms with Crippen LogP contribution in [-0.2, 0) is 14.8 Å². The molecule has 36 heavy (non-hydrogen) atoms. The Bertz CT molecular complexity index is 1290. The summed E-state index contributed by atoms with van der Waals surface area (Å²) in [6.45, 7) is 3.50. The molecule has 4 rings (SSSR count). The van der Waals surface area contributed by atoms with E-state index in [1.807, 2.05) is 6.92 Å². The summed E-state index contributed by atoms with van der Waals surface area (Å²) in [4.78, 5) is 16.6. The molecule has 1 aliphatic rings. The second kappa shape index (κ2) is 10.5. The van der Waals surface area contributed by atoms with E-state index in [-0.39, 0.29) is 35.1 Å². The first-order chi connectivity index (χ1) is 17.2. The topological polar surface area (TPSA) is 156 Å². The number of nitrogens with zero attached hydrogens (tertiary/aromatic N) is 7. The zero-order valence-electron chi connectivity index (χ0n) is 20.4. The molecule has 3 aromatic heterocycles. The van der Waals surface area contributed by atoms with E-state index in [2.05, 4.69) is 34.9 Å². The molecular weight excluding hydrogens is 512 g/mol. The van der Waals surface area contributed by atoms with Crippen molar-refractivity contribution in [1.29, 1.82) is 0 Å². The number of halogens is 1. The highest BCUT2D eigenvalue weighted by Crippen LogP contribution is 2.44. The fourth-order valence-corrected chi connectivity index (χ4v) is 5.11. The number of nitrogens with one attached hydrogen (secondary N) is 1. The number of ether oxygens (including phenoxy) is 3. The van der Waals surface area contributed by atoms with Crippen LogP contribution >= 0.6 is 11.6 Å². The third-order valence-electron chi connectivity index (χ3n) is 6.09.